The zero-order valence-corrected chi connectivity index (χ0v) is 8.01. The summed E-state index contributed by atoms with van der Waals surface area (Å²) in [6, 6.07) is 0. The van der Waals surface area contributed by atoms with Crippen molar-refractivity contribution in [2.24, 2.45) is 0 Å². The summed E-state index contributed by atoms with van der Waals surface area (Å²) in [4.78, 5) is 0. The SMILES string of the molecule is C1CCSC1.C=CCBr. The van der Waals surface area contributed by atoms with Gasteiger partial charge in [0.25, 0.3) is 0 Å². The van der Waals surface area contributed by atoms with E-state index in [4.69, 9.17) is 0 Å². The molecule has 0 atom stereocenters. The molecule has 1 fully saturated rings. The molecule has 2 heteroatoms. The van der Waals surface area contributed by atoms with E-state index in [0.717, 1.165) is 5.33 Å². The van der Waals surface area contributed by atoms with Crippen molar-refractivity contribution in [3.05, 3.63) is 12.7 Å². The number of hydrogen-bond donors (Lipinski definition) is 0. The average molecular weight is 209 g/mol. The van der Waals surface area contributed by atoms with Gasteiger partial charge in [-0.15, -0.1) is 6.58 Å². The van der Waals surface area contributed by atoms with Gasteiger partial charge in [-0.1, -0.05) is 22.0 Å². The predicted octanol–water partition coefficient (Wildman–Crippen LogP) is 3.08. The predicted molar refractivity (Wildman–Crippen MR) is 50.6 cm³/mol. The first kappa shape index (κ1) is 9.57. The Balaban J connectivity index is 0.000000148. The smallest absolute Gasteiger partial charge is 0.0209 e. The fraction of sp³-hybridized carbons (Fsp3) is 0.714. The fourth-order valence-electron chi connectivity index (χ4n) is 0.510. The molecule has 0 aromatic rings. The lowest BCUT2D eigenvalue weighted by atomic mass is 10.4. The molecule has 0 nitrogen and oxygen atoms in total. The van der Waals surface area contributed by atoms with Crippen LogP contribution in [0.4, 0.5) is 0 Å². The Morgan fingerprint density at radius 2 is 1.89 bits per heavy atom. The van der Waals surface area contributed by atoms with Gasteiger partial charge in [-0.2, -0.15) is 11.8 Å². The highest BCUT2D eigenvalue weighted by molar-refractivity contribution is 9.09. The summed E-state index contributed by atoms with van der Waals surface area (Å²) in [7, 11) is 0. The summed E-state index contributed by atoms with van der Waals surface area (Å²) in [6.45, 7) is 3.43. The molecule has 0 saturated carbocycles. The van der Waals surface area contributed by atoms with Crippen molar-refractivity contribution >= 4 is 27.7 Å². The molecular formula is C7H13BrS. The molecule has 54 valence electrons. The van der Waals surface area contributed by atoms with Gasteiger partial charge in [-0.25, -0.2) is 0 Å². The van der Waals surface area contributed by atoms with Crippen LogP contribution < -0.4 is 0 Å². The molecule has 1 aliphatic rings. The van der Waals surface area contributed by atoms with Gasteiger partial charge in [0.05, 0.1) is 0 Å². The van der Waals surface area contributed by atoms with Crippen molar-refractivity contribution in [2.75, 3.05) is 16.8 Å². The zero-order valence-electron chi connectivity index (χ0n) is 5.61. The zero-order chi connectivity index (χ0) is 6.95. The van der Waals surface area contributed by atoms with Crippen LogP contribution in [0, 0.1) is 0 Å². The van der Waals surface area contributed by atoms with Gasteiger partial charge >= 0.3 is 0 Å². The van der Waals surface area contributed by atoms with Crippen LogP contribution in [0.5, 0.6) is 0 Å². The number of alkyl halides is 1. The van der Waals surface area contributed by atoms with Crippen LogP contribution in [-0.2, 0) is 0 Å². The first-order valence-electron chi connectivity index (χ1n) is 3.16. The quantitative estimate of drug-likeness (QED) is 0.472. The second-order valence-electron chi connectivity index (χ2n) is 1.76. The summed E-state index contributed by atoms with van der Waals surface area (Å²) < 4.78 is 0. The van der Waals surface area contributed by atoms with E-state index in [2.05, 4.69) is 34.3 Å². The highest BCUT2D eigenvalue weighted by Gasteiger charge is 1.95. The summed E-state index contributed by atoms with van der Waals surface area (Å²) in [5.74, 6) is 2.83. The molecular weight excluding hydrogens is 196 g/mol. The van der Waals surface area contributed by atoms with Gasteiger partial charge in [-0.05, 0) is 24.3 Å². The highest BCUT2D eigenvalue weighted by Crippen LogP contribution is 2.14. The van der Waals surface area contributed by atoms with Crippen LogP contribution in [0.3, 0.4) is 0 Å². The Hall–Kier alpha value is 0.570. The van der Waals surface area contributed by atoms with Gasteiger partial charge in [0, 0.05) is 5.33 Å². The molecule has 1 saturated heterocycles. The third-order valence-corrected chi connectivity index (χ3v) is 2.55. The van der Waals surface area contributed by atoms with Gasteiger partial charge in [0.15, 0.2) is 0 Å². The van der Waals surface area contributed by atoms with E-state index in [0.29, 0.717) is 0 Å². The molecule has 0 N–H and O–H groups in total. The first-order valence-corrected chi connectivity index (χ1v) is 5.44. The maximum absolute atomic E-state index is 3.43. The normalized spacial score (nSPS) is 16.1. The second-order valence-corrected chi connectivity index (χ2v) is 3.63. The summed E-state index contributed by atoms with van der Waals surface area (Å²) >= 11 is 5.20. The van der Waals surface area contributed by atoms with Crippen LogP contribution in [0.25, 0.3) is 0 Å². The minimum atomic E-state index is 0.896. The van der Waals surface area contributed by atoms with Crippen molar-refractivity contribution in [1.82, 2.24) is 0 Å². The van der Waals surface area contributed by atoms with E-state index in [9.17, 15) is 0 Å². The maximum atomic E-state index is 3.43. The molecule has 1 heterocycles. The van der Waals surface area contributed by atoms with E-state index in [1.165, 1.54) is 24.3 Å². The van der Waals surface area contributed by atoms with E-state index in [1.807, 2.05) is 0 Å². The highest BCUT2D eigenvalue weighted by atomic mass is 79.9. The fourth-order valence-corrected chi connectivity index (χ4v) is 1.53. The number of thioether (sulfide) groups is 1. The largest absolute Gasteiger partial charge is 0.162 e. The van der Waals surface area contributed by atoms with Crippen LogP contribution in [0.15, 0.2) is 12.7 Å². The molecule has 1 rings (SSSR count). The molecule has 1 aliphatic heterocycles. The van der Waals surface area contributed by atoms with Gasteiger partial charge in [0.2, 0.25) is 0 Å². The second kappa shape index (κ2) is 8.57. The van der Waals surface area contributed by atoms with E-state index in [-0.39, 0.29) is 0 Å². The van der Waals surface area contributed by atoms with Crippen molar-refractivity contribution in [2.45, 2.75) is 12.8 Å². The van der Waals surface area contributed by atoms with Crippen LogP contribution in [0.2, 0.25) is 0 Å². The van der Waals surface area contributed by atoms with E-state index >= 15 is 0 Å². The van der Waals surface area contributed by atoms with Gasteiger partial charge in [-0.3, -0.25) is 0 Å². The minimum absolute atomic E-state index is 0.896. The molecule has 0 aromatic carbocycles. The first-order chi connectivity index (χ1) is 4.41. The summed E-state index contributed by atoms with van der Waals surface area (Å²) in [5.41, 5.74) is 0. The topological polar surface area (TPSA) is 0 Å². The Morgan fingerprint density at radius 3 is 2.00 bits per heavy atom. The Bertz CT molecular complexity index is 52.3. The monoisotopic (exact) mass is 208 g/mol. The van der Waals surface area contributed by atoms with Crippen molar-refractivity contribution in [1.29, 1.82) is 0 Å². The van der Waals surface area contributed by atoms with Gasteiger partial charge in [0.1, 0.15) is 0 Å². The average Bonchev–Trinajstić information content (AvgIpc) is 2.43. The van der Waals surface area contributed by atoms with Crippen LogP contribution in [0.1, 0.15) is 12.8 Å². The lowest BCUT2D eigenvalue weighted by molar-refractivity contribution is 0.949. The molecule has 0 aliphatic carbocycles. The minimum Gasteiger partial charge on any atom is -0.162 e. The number of rotatable bonds is 1. The number of allylic oxidation sites excluding steroid dienone is 1. The maximum Gasteiger partial charge on any atom is 0.0209 e. The Labute approximate surface area is 70.2 Å². The number of halogens is 1. The van der Waals surface area contributed by atoms with E-state index in [1.54, 1.807) is 6.08 Å². The standard InChI is InChI=1S/C4H8S.C3H5Br/c1-2-4-5-3-1;1-2-3-4/h1-4H2;2H,1,3H2. The Kier molecular flexibility index (Phi) is 9.11. The van der Waals surface area contributed by atoms with Crippen LogP contribution in [-0.4, -0.2) is 16.8 Å². The molecule has 0 bridgehead atoms. The summed E-state index contributed by atoms with van der Waals surface area (Å²) in [5, 5.41) is 0.896. The van der Waals surface area contributed by atoms with Crippen molar-refractivity contribution < 1.29 is 0 Å². The molecule has 0 aromatic heterocycles. The number of hydrogen-bond acceptors (Lipinski definition) is 1. The van der Waals surface area contributed by atoms with E-state index < -0.39 is 0 Å². The Morgan fingerprint density at radius 1 is 1.44 bits per heavy atom. The van der Waals surface area contributed by atoms with Gasteiger partial charge < -0.3 is 0 Å². The lowest BCUT2D eigenvalue weighted by Crippen LogP contribution is -1.58. The summed E-state index contributed by atoms with van der Waals surface area (Å²) in [6.07, 6.45) is 4.72. The third kappa shape index (κ3) is 8.57. The molecule has 0 unspecified atom stereocenters. The molecule has 0 radical (unpaired) electrons. The third-order valence-electron chi connectivity index (χ3n) is 0.936. The molecule has 0 amide bonds. The molecule has 0 spiro atoms. The lowest BCUT2D eigenvalue weighted by Gasteiger charge is -1.69. The molecule has 9 heavy (non-hydrogen) atoms. The van der Waals surface area contributed by atoms with Crippen molar-refractivity contribution in [3.63, 3.8) is 0 Å². The van der Waals surface area contributed by atoms with Crippen LogP contribution >= 0.6 is 27.7 Å². The van der Waals surface area contributed by atoms with Crippen molar-refractivity contribution in [3.8, 4) is 0 Å².